The summed E-state index contributed by atoms with van der Waals surface area (Å²) in [6, 6.07) is 4.22. The van der Waals surface area contributed by atoms with E-state index in [1.165, 1.54) is 0 Å². The molecule has 136 valence electrons. The molecule has 9 heteroatoms. The summed E-state index contributed by atoms with van der Waals surface area (Å²) >= 11 is 0. The molecule has 1 aromatic carbocycles. The second kappa shape index (κ2) is 7.30. The van der Waals surface area contributed by atoms with E-state index in [0.717, 1.165) is 24.3 Å². The van der Waals surface area contributed by atoms with Gasteiger partial charge >= 0.3 is 0 Å². The highest BCUT2D eigenvalue weighted by atomic mass is 32.2. The number of rotatable bonds is 6. The van der Waals surface area contributed by atoms with Crippen LogP contribution in [0.25, 0.3) is 0 Å². The second-order valence-corrected chi connectivity index (χ2v) is 8.28. The summed E-state index contributed by atoms with van der Waals surface area (Å²) in [5, 5.41) is 3.88. The van der Waals surface area contributed by atoms with Crippen molar-refractivity contribution >= 4 is 15.9 Å². The molecular weight excluding hydrogens is 349 g/mol. The van der Waals surface area contributed by atoms with Gasteiger partial charge in [-0.05, 0) is 30.7 Å². The predicted molar refractivity (Wildman–Crippen MR) is 87.7 cm³/mol. The van der Waals surface area contributed by atoms with E-state index in [2.05, 4.69) is 10.1 Å². The van der Waals surface area contributed by atoms with E-state index in [1.54, 1.807) is 0 Å². The van der Waals surface area contributed by atoms with Gasteiger partial charge in [0, 0.05) is 18.3 Å². The van der Waals surface area contributed by atoms with Crippen molar-refractivity contribution < 1.29 is 22.1 Å². The number of nitrogens with zero attached hydrogens (tertiary/aromatic N) is 2. The molecule has 7 nitrogen and oxygen atoms in total. The zero-order valence-corrected chi connectivity index (χ0v) is 15.1. The smallest absolute Gasteiger partial charge is 0.264 e. The zero-order chi connectivity index (χ0) is 18.7. The Kier molecular flexibility index (Phi) is 5.56. The number of hydrogen-bond donors (Lipinski definition) is 1. The molecule has 0 saturated heterocycles. The number of halogens is 1. The van der Waals surface area contributed by atoms with Gasteiger partial charge in [0.2, 0.25) is 11.8 Å². The molecule has 0 spiro atoms. The van der Waals surface area contributed by atoms with Crippen LogP contribution in [0.1, 0.15) is 45.3 Å². The summed E-state index contributed by atoms with van der Waals surface area (Å²) in [6.07, 6.45) is 0.706. The maximum atomic E-state index is 12.8. The number of nitrogens with one attached hydrogen (secondary N) is 1. The normalized spacial score (nSPS) is 12.2. The molecule has 0 saturated carbocycles. The van der Waals surface area contributed by atoms with Crippen LogP contribution >= 0.6 is 0 Å². The van der Waals surface area contributed by atoms with Crippen molar-refractivity contribution in [1.29, 1.82) is 0 Å². The quantitative estimate of drug-likeness (QED) is 0.838. The topological polar surface area (TPSA) is 102 Å². The van der Waals surface area contributed by atoms with Gasteiger partial charge in [-0.1, -0.05) is 25.9 Å². The molecule has 0 aliphatic carbocycles. The lowest BCUT2D eigenvalue weighted by atomic mass is 9.96. The first-order chi connectivity index (χ1) is 11.6. The number of aryl methyl sites for hydroxylation is 1. The predicted octanol–water partition coefficient (Wildman–Crippen LogP) is 2.33. The molecule has 0 bridgehead atoms. The minimum Gasteiger partial charge on any atom is -0.339 e. The van der Waals surface area contributed by atoms with Gasteiger partial charge in [0.1, 0.15) is 5.82 Å². The van der Waals surface area contributed by atoms with Crippen molar-refractivity contribution in [2.24, 2.45) is 0 Å². The Morgan fingerprint density at radius 3 is 2.44 bits per heavy atom. The number of sulfonamides is 1. The molecule has 0 atom stereocenters. The minimum atomic E-state index is -4.00. The van der Waals surface area contributed by atoms with Crippen molar-refractivity contribution in [3.05, 3.63) is 41.8 Å². The van der Waals surface area contributed by atoms with Gasteiger partial charge in [0.05, 0.1) is 4.90 Å². The van der Waals surface area contributed by atoms with Crippen LogP contribution in [-0.2, 0) is 26.7 Å². The minimum absolute atomic E-state index is 0.0202. The van der Waals surface area contributed by atoms with Crippen LogP contribution < -0.4 is 4.72 Å². The fraction of sp³-hybridized carbons (Fsp3) is 0.438. The molecule has 0 fully saturated rings. The number of aromatic nitrogens is 2. The molecule has 1 heterocycles. The van der Waals surface area contributed by atoms with Crippen molar-refractivity contribution in [1.82, 2.24) is 14.9 Å². The van der Waals surface area contributed by atoms with Crippen molar-refractivity contribution in [3.63, 3.8) is 0 Å². The number of hydrogen-bond acceptors (Lipinski definition) is 6. The summed E-state index contributed by atoms with van der Waals surface area (Å²) in [4.78, 5) is 15.9. The third kappa shape index (κ3) is 5.35. The Balaban J connectivity index is 1.86. The largest absolute Gasteiger partial charge is 0.339 e. The number of amides is 1. The van der Waals surface area contributed by atoms with E-state index in [9.17, 15) is 17.6 Å². The molecule has 2 rings (SSSR count). The Labute approximate surface area is 145 Å². The third-order valence-corrected chi connectivity index (χ3v) is 4.69. The van der Waals surface area contributed by atoms with Gasteiger partial charge in [-0.15, -0.1) is 0 Å². The SMILES string of the molecule is CC(C)(C)c1noc(CCCC(=O)NS(=O)(=O)c2ccc(F)cc2)n1. The second-order valence-electron chi connectivity index (χ2n) is 6.60. The number of benzene rings is 1. The van der Waals surface area contributed by atoms with Crippen LogP contribution in [0.4, 0.5) is 4.39 Å². The first kappa shape index (κ1) is 19.0. The maximum Gasteiger partial charge on any atom is 0.264 e. The molecule has 0 unspecified atom stereocenters. The Bertz CT molecular complexity index is 839. The zero-order valence-electron chi connectivity index (χ0n) is 14.2. The number of carbonyl (C=O) groups is 1. The highest BCUT2D eigenvalue weighted by Crippen LogP contribution is 2.19. The summed E-state index contributed by atoms with van der Waals surface area (Å²) in [6.45, 7) is 5.86. The molecular formula is C16H20FN3O4S. The van der Waals surface area contributed by atoms with Crippen LogP contribution in [0.3, 0.4) is 0 Å². The average molecular weight is 369 g/mol. The van der Waals surface area contributed by atoms with Crippen LogP contribution in [0.15, 0.2) is 33.7 Å². The van der Waals surface area contributed by atoms with Gasteiger partial charge < -0.3 is 4.52 Å². The molecule has 0 aliphatic rings. The van der Waals surface area contributed by atoms with Gasteiger partial charge in [-0.2, -0.15) is 4.98 Å². The summed E-state index contributed by atoms with van der Waals surface area (Å²) in [7, 11) is -4.00. The maximum absolute atomic E-state index is 12.8. The van der Waals surface area contributed by atoms with E-state index in [-0.39, 0.29) is 16.7 Å². The molecule has 2 aromatic rings. The lowest BCUT2D eigenvalue weighted by molar-refractivity contribution is -0.119. The van der Waals surface area contributed by atoms with Gasteiger partial charge in [-0.3, -0.25) is 4.79 Å². The Morgan fingerprint density at radius 2 is 1.88 bits per heavy atom. The highest BCUT2D eigenvalue weighted by Gasteiger charge is 2.21. The van der Waals surface area contributed by atoms with E-state index >= 15 is 0 Å². The van der Waals surface area contributed by atoms with Crippen LogP contribution in [0, 0.1) is 5.82 Å². The van der Waals surface area contributed by atoms with Crippen molar-refractivity contribution in [2.75, 3.05) is 0 Å². The standard InChI is InChI=1S/C16H20FN3O4S/c1-16(2,3)15-18-14(24-19-15)6-4-5-13(21)20-25(22,23)12-9-7-11(17)8-10-12/h7-10H,4-6H2,1-3H3,(H,20,21). The van der Waals surface area contributed by atoms with E-state index in [0.29, 0.717) is 24.6 Å². The van der Waals surface area contributed by atoms with E-state index in [4.69, 9.17) is 4.52 Å². The third-order valence-electron chi connectivity index (χ3n) is 3.31. The molecule has 0 radical (unpaired) electrons. The average Bonchev–Trinajstić information content (AvgIpc) is 2.96. The molecule has 1 N–H and O–H groups in total. The monoisotopic (exact) mass is 369 g/mol. The lowest BCUT2D eigenvalue weighted by Crippen LogP contribution is -2.30. The van der Waals surface area contributed by atoms with Gasteiger partial charge in [0.15, 0.2) is 5.82 Å². The fourth-order valence-electron chi connectivity index (χ4n) is 1.93. The molecule has 1 amide bonds. The fourth-order valence-corrected chi connectivity index (χ4v) is 2.95. The van der Waals surface area contributed by atoms with Crippen LogP contribution in [0.5, 0.6) is 0 Å². The molecule has 25 heavy (non-hydrogen) atoms. The van der Waals surface area contributed by atoms with Crippen LogP contribution in [0.2, 0.25) is 0 Å². The van der Waals surface area contributed by atoms with E-state index in [1.807, 2.05) is 25.5 Å². The summed E-state index contributed by atoms with van der Waals surface area (Å²) in [5.41, 5.74) is -0.234. The Morgan fingerprint density at radius 1 is 1.24 bits per heavy atom. The summed E-state index contributed by atoms with van der Waals surface area (Å²) < 4.78 is 43.9. The first-order valence-corrected chi connectivity index (χ1v) is 9.20. The first-order valence-electron chi connectivity index (χ1n) is 7.72. The lowest BCUT2D eigenvalue weighted by Gasteiger charge is -2.10. The summed E-state index contributed by atoms with van der Waals surface area (Å²) in [5.74, 6) is -0.232. The molecule has 0 aliphatic heterocycles. The van der Waals surface area contributed by atoms with Gasteiger partial charge in [-0.25, -0.2) is 17.5 Å². The number of carbonyl (C=O) groups excluding carboxylic acids is 1. The van der Waals surface area contributed by atoms with Crippen molar-refractivity contribution in [3.8, 4) is 0 Å². The van der Waals surface area contributed by atoms with E-state index < -0.39 is 21.7 Å². The molecule has 1 aromatic heterocycles. The Hall–Kier alpha value is -2.29. The van der Waals surface area contributed by atoms with Crippen molar-refractivity contribution in [2.45, 2.75) is 50.3 Å². The van der Waals surface area contributed by atoms with Gasteiger partial charge in [0.25, 0.3) is 10.0 Å². The highest BCUT2D eigenvalue weighted by molar-refractivity contribution is 7.90. The van der Waals surface area contributed by atoms with Crippen LogP contribution in [-0.4, -0.2) is 24.5 Å².